The number of pyridine rings is 1. The summed E-state index contributed by atoms with van der Waals surface area (Å²) in [5, 5.41) is 19.2. The van der Waals surface area contributed by atoms with Crippen LogP contribution in [0.3, 0.4) is 0 Å². The van der Waals surface area contributed by atoms with Gasteiger partial charge in [0.05, 0.1) is 5.69 Å². The topological polar surface area (TPSA) is 103 Å². The van der Waals surface area contributed by atoms with E-state index < -0.39 is 23.2 Å². The van der Waals surface area contributed by atoms with E-state index in [1.54, 1.807) is 11.8 Å². The molecule has 0 atom stereocenters. The van der Waals surface area contributed by atoms with Crippen molar-refractivity contribution < 1.29 is 19.7 Å². The number of ether oxygens (including phenoxy) is 1. The molecule has 0 saturated carbocycles. The molecule has 0 aliphatic carbocycles. The van der Waals surface area contributed by atoms with Gasteiger partial charge in [-0.3, -0.25) is 4.79 Å². The summed E-state index contributed by atoms with van der Waals surface area (Å²) in [7, 11) is 0. The smallest absolute Gasteiger partial charge is 0.504 e. The second-order valence-electron chi connectivity index (χ2n) is 6.33. The third kappa shape index (κ3) is 2.90. The standard InChI is InChI=1S/C18H18N2O5S/c21-15-12-5-8-26-13-9-10(20-6-1-2-7-20)3-4-11(13)14(12)19-17(22)16(15)25-18(23)24/h3-4,9H,1-2,5-8H2,(H,23,24)(H2,19,21,22). The number of nitrogens with zero attached hydrogens (tertiary/aromatic N) is 1. The third-order valence-corrected chi connectivity index (χ3v) is 5.81. The van der Waals surface area contributed by atoms with Gasteiger partial charge in [0.25, 0.3) is 5.56 Å². The molecule has 4 rings (SSSR count). The molecular weight excluding hydrogens is 356 g/mol. The molecule has 0 amide bonds. The van der Waals surface area contributed by atoms with Crippen LogP contribution < -0.4 is 15.2 Å². The van der Waals surface area contributed by atoms with E-state index in [0.717, 1.165) is 29.2 Å². The van der Waals surface area contributed by atoms with Crippen molar-refractivity contribution in [3.63, 3.8) is 0 Å². The second-order valence-corrected chi connectivity index (χ2v) is 7.46. The van der Waals surface area contributed by atoms with Crippen molar-refractivity contribution in [1.82, 2.24) is 4.98 Å². The number of aromatic nitrogens is 1. The molecule has 3 N–H and O–H groups in total. The number of aromatic hydroxyl groups is 1. The highest BCUT2D eigenvalue weighted by Crippen LogP contribution is 2.42. The Bertz CT molecular complexity index is 934. The molecule has 1 fully saturated rings. The van der Waals surface area contributed by atoms with Crippen molar-refractivity contribution in [3.05, 3.63) is 34.1 Å². The van der Waals surface area contributed by atoms with Gasteiger partial charge in [0.1, 0.15) is 0 Å². The first-order valence-electron chi connectivity index (χ1n) is 8.45. The molecule has 0 unspecified atom stereocenters. The number of hydrogen-bond donors (Lipinski definition) is 3. The molecule has 2 aromatic rings. The highest BCUT2D eigenvalue weighted by Gasteiger charge is 2.25. The predicted molar refractivity (Wildman–Crippen MR) is 98.7 cm³/mol. The normalized spacial score (nSPS) is 15.9. The molecule has 8 heteroatoms. The van der Waals surface area contributed by atoms with Crippen molar-refractivity contribution in [2.24, 2.45) is 0 Å². The fraction of sp³-hybridized carbons (Fsp3) is 0.333. The van der Waals surface area contributed by atoms with Gasteiger partial charge in [-0.25, -0.2) is 4.79 Å². The molecule has 1 saturated heterocycles. The number of H-pyrrole nitrogens is 1. The Balaban J connectivity index is 1.82. The van der Waals surface area contributed by atoms with Crippen LogP contribution in [0.4, 0.5) is 10.5 Å². The Morgan fingerprint density at radius 2 is 2.04 bits per heavy atom. The quantitative estimate of drug-likeness (QED) is 0.694. The first kappa shape index (κ1) is 16.8. The van der Waals surface area contributed by atoms with E-state index in [2.05, 4.69) is 20.7 Å². The fourth-order valence-electron chi connectivity index (χ4n) is 3.54. The maximum Gasteiger partial charge on any atom is 0.511 e. The first-order chi connectivity index (χ1) is 12.5. The summed E-state index contributed by atoms with van der Waals surface area (Å²) < 4.78 is 4.47. The lowest BCUT2D eigenvalue weighted by Crippen LogP contribution is -2.18. The number of nitrogens with one attached hydrogen (secondary N) is 1. The number of aromatic amines is 1. The van der Waals surface area contributed by atoms with Gasteiger partial charge in [-0.1, -0.05) is 0 Å². The van der Waals surface area contributed by atoms with E-state index in [1.807, 2.05) is 12.1 Å². The van der Waals surface area contributed by atoms with Crippen molar-refractivity contribution in [3.8, 4) is 22.8 Å². The zero-order chi connectivity index (χ0) is 18.3. The monoisotopic (exact) mass is 374 g/mol. The van der Waals surface area contributed by atoms with E-state index >= 15 is 0 Å². The van der Waals surface area contributed by atoms with Gasteiger partial charge < -0.3 is 24.8 Å². The SMILES string of the molecule is O=C(O)Oc1c(O)c2c([nH]c1=O)-c1ccc(N3CCCC3)cc1SCC2. The lowest BCUT2D eigenvalue weighted by Gasteiger charge is -2.19. The minimum Gasteiger partial charge on any atom is -0.504 e. The third-order valence-electron chi connectivity index (χ3n) is 4.75. The average molecular weight is 374 g/mol. The molecule has 7 nitrogen and oxygen atoms in total. The average Bonchev–Trinajstić information content (AvgIpc) is 3.08. The van der Waals surface area contributed by atoms with Crippen LogP contribution in [-0.2, 0) is 6.42 Å². The summed E-state index contributed by atoms with van der Waals surface area (Å²) >= 11 is 1.66. The maximum absolute atomic E-state index is 12.2. The molecule has 0 bridgehead atoms. The van der Waals surface area contributed by atoms with Gasteiger partial charge in [-0.05, 0) is 37.5 Å². The van der Waals surface area contributed by atoms with Crippen LogP contribution in [0, 0.1) is 0 Å². The molecular formula is C18H18N2O5S. The fourth-order valence-corrected chi connectivity index (χ4v) is 4.59. The van der Waals surface area contributed by atoms with Crippen molar-refractivity contribution >= 4 is 23.6 Å². The van der Waals surface area contributed by atoms with Gasteiger partial charge in [-0.15, -0.1) is 11.8 Å². The molecule has 1 aromatic carbocycles. The van der Waals surface area contributed by atoms with Crippen LogP contribution >= 0.6 is 11.8 Å². The molecule has 136 valence electrons. The molecule has 2 aliphatic heterocycles. The van der Waals surface area contributed by atoms with Crippen molar-refractivity contribution in [2.75, 3.05) is 23.7 Å². The summed E-state index contributed by atoms with van der Waals surface area (Å²) in [6.45, 7) is 2.10. The first-order valence-corrected chi connectivity index (χ1v) is 9.44. The Morgan fingerprint density at radius 3 is 2.77 bits per heavy atom. The minimum absolute atomic E-state index is 0.400. The molecule has 1 aromatic heterocycles. The molecule has 0 spiro atoms. The number of benzene rings is 1. The Kier molecular flexibility index (Phi) is 4.28. The number of thioether (sulfide) groups is 1. The number of fused-ring (bicyclic) bond motifs is 3. The molecule has 3 heterocycles. The van der Waals surface area contributed by atoms with Crippen LogP contribution in [0.5, 0.6) is 11.5 Å². The van der Waals surface area contributed by atoms with Crippen LogP contribution in [0.25, 0.3) is 11.3 Å². The van der Waals surface area contributed by atoms with Gasteiger partial charge in [-0.2, -0.15) is 0 Å². The van der Waals surface area contributed by atoms with Crippen LogP contribution in [0.1, 0.15) is 18.4 Å². The number of anilines is 1. The number of carbonyl (C=O) groups is 1. The zero-order valence-electron chi connectivity index (χ0n) is 13.9. The Labute approximate surface area is 153 Å². The highest BCUT2D eigenvalue weighted by atomic mass is 32.2. The number of carboxylic acid groups (broad SMARTS) is 1. The van der Waals surface area contributed by atoms with E-state index in [1.165, 1.54) is 12.8 Å². The van der Waals surface area contributed by atoms with E-state index in [4.69, 9.17) is 5.11 Å². The van der Waals surface area contributed by atoms with Crippen LogP contribution in [0.15, 0.2) is 27.9 Å². The summed E-state index contributed by atoms with van der Waals surface area (Å²) in [6.07, 6.45) is 1.25. The van der Waals surface area contributed by atoms with Gasteiger partial charge in [0, 0.05) is 40.6 Å². The van der Waals surface area contributed by atoms with Crippen molar-refractivity contribution in [1.29, 1.82) is 0 Å². The van der Waals surface area contributed by atoms with E-state index in [9.17, 15) is 14.7 Å². The van der Waals surface area contributed by atoms with Gasteiger partial charge in [0.15, 0.2) is 5.75 Å². The van der Waals surface area contributed by atoms with Gasteiger partial charge >= 0.3 is 6.16 Å². The summed E-state index contributed by atoms with van der Waals surface area (Å²) in [6, 6.07) is 6.10. The van der Waals surface area contributed by atoms with Crippen LogP contribution in [-0.4, -0.2) is 40.2 Å². The molecule has 2 aliphatic rings. The van der Waals surface area contributed by atoms with Gasteiger partial charge in [0.2, 0.25) is 5.75 Å². The lowest BCUT2D eigenvalue weighted by atomic mass is 10.0. The largest absolute Gasteiger partial charge is 0.511 e. The molecule has 0 radical (unpaired) electrons. The Hall–Kier alpha value is -2.61. The minimum atomic E-state index is -1.63. The summed E-state index contributed by atoms with van der Waals surface area (Å²) in [5.74, 6) is -0.267. The highest BCUT2D eigenvalue weighted by molar-refractivity contribution is 7.99. The number of rotatable bonds is 2. The van der Waals surface area contributed by atoms with E-state index in [-0.39, 0.29) is 0 Å². The predicted octanol–water partition coefficient (Wildman–Crippen LogP) is 3.05. The Morgan fingerprint density at radius 1 is 1.27 bits per heavy atom. The second kappa shape index (κ2) is 6.60. The number of hydrogen-bond acceptors (Lipinski definition) is 6. The summed E-state index contributed by atoms with van der Waals surface area (Å²) in [5.41, 5.74) is 2.26. The maximum atomic E-state index is 12.2. The van der Waals surface area contributed by atoms with Crippen molar-refractivity contribution in [2.45, 2.75) is 24.2 Å². The van der Waals surface area contributed by atoms with Crippen LogP contribution in [0.2, 0.25) is 0 Å². The summed E-state index contributed by atoms with van der Waals surface area (Å²) in [4.78, 5) is 29.1. The van der Waals surface area contributed by atoms with E-state index in [0.29, 0.717) is 23.4 Å². The lowest BCUT2D eigenvalue weighted by molar-refractivity contribution is 0.142. The zero-order valence-corrected chi connectivity index (χ0v) is 14.8. The molecule has 26 heavy (non-hydrogen) atoms.